The fourth-order valence-electron chi connectivity index (χ4n) is 6.48. The van der Waals surface area contributed by atoms with Crippen molar-refractivity contribution in [3.05, 3.63) is 23.8 Å². The molecule has 3 rings (SSSR count). The van der Waals surface area contributed by atoms with E-state index in [0.717, 1.165) is 25.7 Å². The average Bonchev–Trinajstić information content (AvgIpc) is 2.62. The van der Waals surface area contributed by atoms with Crippen molar-refractivity contribution < 1.29 is 19.8 Å². The number of hydrogen-bond donors (Lipinski definition) is 4. The van der Waals surface area contributed by atoms with Crippen LogP contribution in [-0.4, -0.2) is 34.5 Å². The summed E-state index contributed by atoms with van der Waals surface area (Å²) in [5.74, 6) is -0.512. The Morgan fingerprint density at radius 2 is 1.77 bits per heavy atom. The van der Waals surface area contributed by atoms with Crippen molar-refractivity contribution >= 4 is 11.7 Å². The zero-order valence-corrected chi connectivity index (χ0v) is 18.6. The number of hydrogen-bond acceptors (Lipinski definition) is 5. The number of aromatic hydroxyl groups is 2. The summed E-state index contributed by atoms with van der Waals surface area (Å²) in [4.78, 5) is 26.1. The van der Waals surface area contributed by atoms with Crippen LogP contribution in [0.5, 0.6) is 11.5 Å². The van der Waals surface area contributed by atoms with Gasteiger partial charge in [-0.3, -0.25) is 9.59 Å². The second-order valence-electron chi connectivity index (χ2n) is 10.3. The molecule has 1 aromatic carbocycles. The molecule has 0 bridgehead atoms. The van der Waals surface area contributed by atoms with Crippen LogP contribution in [0.25, 0.3) is 0 Å². The molecule has 0 spiro atoms. The number of rotatable bonds is 5. The minimum atomic E-state index is -0.319. The first-order valence-corrected chi connectivity index (χ1v) is 11.1. The maximum absolute atomic E-state index is 13.8. The molecule has 6 nitrogen and oxygen atoms in total. The van der Waals surface area contributed by atoms with Gasteiger partial charge in [0.05, 0.1) is 0 Å². The second-order valence-corrected chi connectivity index (χ2v) is 10.3. The molecule has 0 aromatic heterocycles. The summed E-state index contributed by atoms with van der Waals surface area (Å²) in [7, 11) is 0. The zero-order chi connectivity index (χ0) is 22.3. The average molecular weight is 417 g/mol. The number of benzene rings is 1. The van der Waals surface area contributed by atoms with E-state index >= 15 is 0 Å². The first kappa shape index (κ1) is 22.6. The number of carbonyl (C=O) groups is 2. The van der Waals surface area contributed by atoms with Gasteiger partial charge in [-0.2, -0.15) is 0 Å². The van der Waals surface area contributed by atoms with E-state index in [2.05, 4.69) is 26.1 Å². The van der Waals surface area contributed by atoms with Crippen LogP contribution >= 0.6 is 0 Å². The van der Waals surface area contributed by atoms with Crippen LogP contribution in [0, 0.1) is 28.6 Å². The molecular formula is C24H36N2O4. The van der Waals surface area contributed by atoms with Gasteiger partial charge in [0.25, 0.3) is 0 Å². The second kappa shape index (κ2) is 8.22. The minimum absolute atomic E-state index is 0.0590. The monoisotopic (exact) mass is 416 g/mol. The molecule has 2 aliphatic rings. The van der Waals surface area contributed by atoms with Gasteiger partial charge in [-0.1, -0.05) is 34.1 Å². The predicted octanol–water partition coefficient (Wildman–Crippen LogP) is 3.60. The molecule has 0 radical (unpaired) electrons. The molecule has 6 heteroatoms. The Morgan fingerprint density at radius 1 is 1.13 bits per heavy atom. The third-order valence-electron chi connectivity index (χ3n) is 7.82. The van der Waals surface area contributed by atoms with Crippen LogP contribution in [-0.2, 0) is 4.79 Å². The first-order chi connectivity index (χ1) is 14.0. The van der Waals surface area contributed by atoms with E-state index in [4.69, 9.17) is 5.73 Å². The lowest BCUT2D eigenvalue weighted by Crippen LogP contribution is -2.60. The first-order valence-electron chi connectivity index (χ1n) is 11.1. The van der Waals surface area contributed by atoms with E-state index in [9.17, 15) is 19.8 Å². The maximum Gasteiger partial charge on any atom is 0.221 e. The highest BCUT2D eigenvalue weighted by Crippen LogP contribution is 2.61. The van der Waals surface area contributed by atoms with Crippen molar-refractivity contribution in [2.45, 2.75) is 65.8 Å². The number of amides is 1. The highest BCUT2D eigenvalue weighted by Gasteiger charge is 2.58. The SMILES string of the molecule is C[C@H]1[C@H](NC(=O)CCN)C[C@H]2C(C)(C)CCC[C@]2(C)[C@H]1C(=O)c1cc(O)cc(O)c1. The van der Waals surface area contributed by atoms with Gasteiger partial charge < -0.3 is 21.3 Å². The van der Waals surface area contributed by atoms with E-state index < -0.39 is 0 Å². The Kier molecular flexibility index (Phi) is 6.19. The predicted molar refractivity (Wildman–Crippen MR) is 116 cm³/mol. The van der Waals surface area contributed by atoms with Crippen LogP contribution in [0.3, 0.4) is 0 Å². The van der Waals surface area contributed by atoms with E-state index in [-0.39, 0.29) is 64.2 Å². The third-order valence-corrected chi connectivity index (χ3v) is 7.82. The number of Topliss-reactive ketones (excluding diaryl/α,β-unsaturated/α-hetero) is 1. The van der Waals surface area contributed by atoms with Gasteiger partial charge in [-0.15, -0.1) is 0 Å². The van der Waals surface area contributed by atoms with E-state index in [1.165, 1.54) is 18.2 Å². The van der Waals surface area contributed by atoms with Crippen molar-refractivity contribution in [1.82, 2.24) is 5.32 Å². The lowest BCUT2D eigenvalue weighted by molar-refractivity contribution is -0.127. The van der Waals surface area contributed by atoms with Gasteiger partial charge in [0.15, 0.2) is 5.78 Å². The molecule has 2 saturated carbocycles. The smallest absolute Gasteiger partial charge is 0.221 e. The molecule has 1 amide bonds. The van der Waals surface area contributed by atoms with Crippen molar-refractivity contribution in [3.8, 4) is 11.5 Å². The van der Waals surface area contributed by atoms with Gasteiger partial charge in [-0.05, 0) is 54.1 Å². The third kappa shape index (κ3) is 4.07. The van der Waals surface area contributed by atoms with Gasteiger partial charge >= 0.3 is 0 Å². The molecule has 166 valence electrons. The topological polar surface area (TPSA) is 113 Å². The van der Waals surface area contributed by atoms with Crippen molar-refractivity contribution in [1.29, 1.82) is 0 Å². The van der Waals surface area contributed by atoms with Crippen LogP contribution in [0.4, 0.5) is 0 Å². The van der Waals surface area contributed by atoms with E-state index in [1.54, 1.807) is 0 Å². The molecule has 0 aliphatic heterocycles. The summed E-state index contributed by atoms with van der Waals surface area (Å²) in [6.45, 7) is 9.10. The summed E-state index contributed by atoms with van der Waals surface area (Å²) in [5, 5.41) is 23.0. The highest BCUT2D eigenvalue weighted by molar-refractivity contribution is 5.99. The quantitative estimate of drug-likeness (QED) is 0.548. The molecule has 0 saturated heterocycles. The minimum Gasteiger partial charge on any atom is -0.508 e. The number of carbonyl (C=O) groups excluding carboxylic acids is 2. The molecule has 0 unspecified atom stereocenters. The summed E-state index contributed by atoms with van der Waals surface area (Å²) >= 11 is 0. The summed E-state index contributed by atoms with van der Waals surface area (Å²) < 4.78 is 0. The van der Waals surface area contributed by atoms with Crippen LogP contribution in [0.1, 0.15) is 70.2 Å². The Hall–Kier alpha value is -2.08. The van der Waals surface area contributed by atoms with Crippen molar-refractivity contribution in [3.63, 3.8) is 0 Å². The van der Waals surface area contributed by atoms with Gasteiger partial charge in [0.1, 0.15) is 11.5 Å². The number of nitrogens with one attached hydrogen (secondary N) is 1. The number of fused-ring (bicyclic) bond motifs is 1. The number of nitrogens with two attached hydrogens (primary N) is 1. The van der Waals surface area contributed by atoms with Gasteiger partial charge in [0, 0.05) is 36.6 Å². The summed E-state index contributed by atoms with van der Waals surface area (Å²) in [6.07, 6.45) is 4.23. The van der Waals surface area contributed by atoms with Crippen LogP contribution in [0.2, 0.25) is 0 Å². The Balaban J connectivity index is 2.03. The molecule has 5 atom stereocenters. The summed E-state index contributed by atoms with van der Waals surface area (Å²) in [6, 6.07) is 3.97. The molecule has 2 aliphatic carbocycles. The fourth-order valence-corrected chi connectivity index (χ4v) is 6.48. The van der Waals surface area contributed by atoms with E-state index in [0.29, 0.717) is 12.1 Å². The molecule has 0 heterocycles. The molecule has 30 heavy (non-hydrogen) atoms. The summed E-state index contributed by atoms with van der Waals surface area (Å²) in [5.41, 5.74) is 5.72. The standard InChI is InChI=1S/C24H36N2O4/c1-14-18(26-20(29)6-9-25)13-19-23(2,3)7-5-8-24(19,4)21(14)22(30)15-10-16(27)12-17(28)11-15/h10-12,14,18-19,21,27-28H,5-9,13,25H2,1-4H3,(H,26,29)/t14-,18+,19-,21+,24-/m0/s1. The molecule has 5 N–H and O–H groups in total. The zero-order valence-electron chi connectivity index (χ0n) is 18.6. The normalized spacial score (nSPS) is 32.8. The Labute approximate surface area is 179 Å². The number of phenolic OH excluding ortho intramolecular Hbond substituents is 2. The maximum atomic E-state index is 13.8. The number of phenols is 2. The Morgan fingerprint density at radius 3 is 2.37 bits per heavy atom. The Bertz CT molecular complexity index is 801. The number of ketones is 1. The molecule has 1 aromatic rings. The van der Waals surface area contributed by atoms with E-state index in [1.807, 2.05) is 6.92 Å². The van der Waals surface area contributed by atoms with Crippen molar-refractivity contribution in [2.75, 3.05) is 6.54 Å². The lowest BCUT2D eigenvalue weighted by Gasteiger charge is -2.60. The van der Waals surface area contributed by atoms with Crippen LogP contribution < -0.4 is 11.1 Å². The highest BCUT2D eigenvalue weighted by atomic mass is 16.3. The lowest BCUT2D eigenvalue weighted by atomic mass is 9.45. The fraction of sp³-hybridized carbons (Fsp3) is 0.667. The largest absolute Gasteiger partial charge is 0.508 e. The molecular weight excluding hydrogens is 380 g/mol. The van der Waals surface area contributed by atoms with Crippen molar-refractivity contribution in [2.24, 2.45) is 34.3 Å². The van der Waals surface area contributed by atoms with Gasteiger partial charge in [-0.25, -0.2) is 0 Å². The molecule has 2 fully saturated rings. The van der Waals surface area contributed by atoms with Gasteiger partial charge in [0.2, 0.25) is 5.91 Å². The van der Waals surface area contributed by atoms with Crippen LogP contribution in [0.15, 0.2) is 18.2 Å².